The molecule has 2 atom stereocenters. The molecular weight excluding hydrogens is 275 g/mol. The number of benzene rings is 2. The van der Waals surface area contributed by atoms with Gasteiger partial charge in [-0.1, -0.05) is 6.07 Å². The number of hydrogen-bond donors (Lipinski definition) is 2. The molecule has 2 aromatic rings. The van der Waals surface area contributed by atoms with Gasteiger partial charge in [0, 0.05) is 23.6 Å². The highest BCUT2D eigenvalue weighted by atomic mass is 19.1. The van der Waals surface area contributed by atoms with Gasteiger partial charge in [0.2, 0.25) is 0 Å². The zero-order chi connectivity index (χ0) is 15.0. The molecule has 110 valence electrons. The summed E-state index contributed by atoms with van der Waals surface area (Å²) >= 11 is 0. The van der Waals surface area contributed by atoms with E-state index in [0.29, 0.717) is 22.6 Å². The van der Waals surface area contributed by atoms with Crippen LogP contribution >= 0.6 is 0 Å². The number of rotatable bonds is 2. The minimum atomic E-state index is -0.877. The first kappa shape index (κ1) is 13.7. The molecule has 0 saturated carbocycles. The minimum absolute atomic E-state index is 0.0850. The maximum Gasteiger partial charge on any atom is 0.150 e. The Kier molecular flexibility index (Phi) is 3.43. The maximum atomic E-state index is 13.6. The molecule has 0 aliphatic carbocycles. The number of methoxy groups -OCH3 is 1. The van der Waals surface area contributed by atoms with E-state index in [-0.39, 0.29) is 12.2 Å². The van der Waals surface area contributed by atoms with E-state index in [0.717, 1.165) is 0 Å². The van der Waals surface area contributed by atoms with E-state index in [9.17, 15) is 14.6 Å². The van der Waals surface area contributed by atoms with Gasteiger partial charge in [-0.3, -0.25) is 0 Å². The summed E-state index contributed by atoms with van der Waals surface area (Å²) < 4.78 is 24.4. The molecule has 0 amide bonds. The third-order valence-corrected chi connectivity index (χ3v) is 3.58. The molecule has 1 aliphatic rings. The highest BCUT2D eigenvalue weighted by Gasteiger charge is 2.31. The molecule has 0 bridgehead atoms. The lowest BCUT2D eigenvalue weighted by atomic mass is 9.94. The zero-order valence-corrected chi connectivity index (χ0v) is 11.4. The summed E-state index contributed by atoms with van der Waals surface area (Å²) in [6, 6.07) is 9.12. The quantitative estimate of drug-likeness (QED) is 0.892. The van der Waals surface area contributed by atoms with Gasteiger partial charge in [0.25, 0.3) is 0 Å². The molecule has 5 heteroatoms. The minimum Gasteiger partial charge on any atom is -0.508 e. The van der Waals surface area contributed by atoms with Gasteiger partial charge in [-0.05, 0) is 24.3 Å². The maximum absolute atomic E-state index is 13.6. The van der Waals surface area contributed by atoms with Crippen molar-refractivity contribution in [3.8, 4) is 17.2 Å². The van der Waals surface area contributed by atoms with E-state index >= 15 is 0 Å². The summed E-state index contributed by atoms with van der Waals surface area (Å²) in [5.74, 6) is 0.486. The second-order valence-electron chi connectivity index (χ2n) is 4.99. The van der Waals surface area contributed by atoms with E-state index in [1.54, 1.807) is 24.3 Å². The molecule has 4 nitrogen and oxygen atoms in total. The van der Waals surface area contributed by atoms with E-state index < -0.39 is 18.0 Å². The molecule has 2 aromatic carbocycles. The van der Waals surface area contributed by atoms with Crippen LogP contribution in [0, 0.1) is 5.82 Å². The van der Waals surface area contributed by atoms with Crippen molar-refractivity contribution in [1.82, 2.24) is 0 Å². The summed E-state index contributed by atoms with van der Waals surface area (Å²) in [5, 5.41) is 20.0. The number of aliphatic hydroxyl groups excluding tert-OH is 1. The smallest absolute Gasteiger partial charge is 0.150 e. The predicted octanol–water partition coefficient (Wildman–Crippen LogP) is 2.58. The van der Waals surface area contributed by atoms with Crippen LogP contribution in [0.15, 0.2) is 36.4 Å². The Morgan fingerprint density at radius 3 is 2.86 bits per heavy atom. The molecule has 0 fully saturated rings. The molecule has 0 saturated heterocycles. The van der Waals surface area contributed by atoms with Crippen LogP contribution in [0.1, 0.15) is 17.2 Å². The number of phenols is 1. The van der Waals surface area contributed by atoms with Gasteiger partial charge in [0.15, 0.2) is 6.10 Å². The second kappa shape index (κ2) is 5.26. The Bertz CT molecular complexity index is 671. The van der Waals surface area contributed by atoms with Gasteiger partial charge in [0.1, 0.15) is 23.1 Å². The van der Waals surface area contributed by atoms with E-state index in [1.807, 2.05) is 0 Å². The molecule has 1 aliphatic heterocycles. The van der Waals surface area contributed by atoms with E-state index in [2.05, 4.69) is 0 Å². The Morgan fingerprint density at radius 1 is 1.29 bits per heavy atom. The number of aliphatic hydroxyl groups is 1. The molecule has 21 heavy (non-hydrogen) atoms. The highest BCUT2D eigenvalue weighted by molar-refractivity contribution is 5.47. The molecule has 1 heterocycles. The van der Waals surface area contributed by atoms with Crippen LogP contribution < -0.4 is 9.47 Å². The summed E-state index contributed by atoms with van der Waals surface area (Å²) in [6.45, 7) is 0. The van der Waals surface area contributed by atoms with Crippen molar-refractivity contribution in [3.05, 3.63) is 53.3 Å². The Labute approximate surface area is 121 Å². The number of hydrogen-bond acceptors (Lipinski definition) is 4. The standard InChI is InChI=1S/C16H15FO4/c1-20-11-6-9(5-10(17)7-11)16-14(19)8-12-13(18)3-2-4-15(12)21-16/h2-7,14,16,18-19H,8H2,1H3/t14-,16-/m0/s1. The first-order chi connectivity index (χ1) is 10.1. The normalized spacial score (nSPS) is 20.5. The fourth-order valence-corrected chi connectivity index (χ4v) is 2.56. The summed E-state index contributed by atoms with van der Waals surface area (Å²) in [7, 11) is 1.45. The fraction of sp³-hybridized carbons (Fsp3) is 0.250. The number of aromatic hydroxyl groups is 1. The Hall–Kier alpha value is -2.27. The average molecular weight is 290 g/mol. The lowest BCUT2D eigenvalue weighted by Crippen LogP contribution is -2.30. The highest BCUT2D eigenvalue weighted by Crippen LogP contribution is 2.39. The monoisotopic (exact) mass is 290 g/mol. The molecule has 0 spiro atoms. The van der Waals surface area contributed by atoms with E-state index in [4.69, 9.17) is 9.47 Å². The van der Waals surface area contributed by atoms with Crippen molar-refractivity contribution in [2.24, 2.45) is 0 Å². The molecule has 2 N–H and O–H groups in total. The van der Waals surface area contributed by atoms with Crippen molar-refractivity contribution < 1.29 is 24.1 Å². The largest absolute Gasteiger partial charge is 0.508 e. The molecule has 0 aromatic heterocycles. The predicted molar refractivity (Wildman–Crippen MR) is 74.1 cm³/mol. The van der Waals surface area contributed by atoms with Crippen LogP contribution in [0.2, 0.25) is 0 Å². The zero-order valence-electron chi connectivity index (χ0n) is 11.4. The number of fused-ring (bicyclic) bond motifs is 1. The lowest BCUT2D eigenvalue weighted by molar-refractivity contribution is 0.0197. The van der Waals surface area contributed by atoms with Crippen molar-refractivity contribution in [2.45, 2.75) is 18.6 Å². The van der Waals surface area contributed by atoms with Crippen LogP contribution in [-0.4, -0.2) is 23.4 Å². The molecular formula is C16H15FO4. The third-order valence-electron chi connectivity index (χ3n) is 3.58. The van der Waals surface area contributed by atoms with Crippen LogP contribution in [0.5, 0.6) is 17.2 Å². The summed E-state index contributed by atoms with van der Waals surface area (Å²) in [5.41, 5.74) is 1.05. The first-order valence-corrected chi connectivity index (χ1v) is 6.58. The second-order valence-corrected chi connectivity index (χ2v) is 4.99. The number of halogens is 1. The number of phenolic OH excluding ortho intramolecular Hbond substituents is 1. The third kappa shape index (κ3) is 2.52. The number of ether oxygens (including phenoxy) is 2. The van der Waals surface area contributed by atoms with Crippen LogP contribution in [0.25, 0.3) is 0 Å². The van der Waals surface area contributed by atoms with Crippen LogP contribution in [0.3, 0.4) is 0 Å². The summed E-state index contributed by atoms with van der Waals surface area (Å²) in [6.07, 6.45) is -1.34. The topological polar surface area (TPSA) is 58.9 Å². The summed E-state index contributed by atoms with van der Waals surface area (Å²) in [4.78, 5) is 0. The van der Waals surface area contributed by atoms with Crippen molar-refractivity contribution >= 4 is 0 Å². The van der Waals surface area contributed by atoms with Crippen LogP contribution in [-0.2, 0) is 6.42 Å². The first-order valence-electron chi connectivity index (χ1n) is 6.58. The van der Waals surface area contributed by atoms with Gasteiger partial charge >= 0.3 is 0 Å². The van der Waals surface area contributed by atoms with Gasteiger partial charge < -0.3 is 19.7 Å². The van der Waals surface area contributed by atoms with Gasteiger partial charge in [-0.25, -0.2) is 4.39 Å². The van der Waals surface area contributed by atoms with Crippen LogP contribution in [0.4, 0.5) is 4.39 Å². The van der Waals surface area contributed by atoms with E-state index in [1.165, 1.54) is 19.2 Å². The van der Waals surface area contributed by atoms with Gasteiger partial charge in [-0.15, -0.1) is 0 Å². The fourth-order valence-electron chi connectivity index (χ4n) is 2.56. The SMILES string of the molecule is COc1cc(F)cc([C@@H]2Oc3cccc(O)c3C[C@@H]2O)c1. The molecule has 0 radical (unpaired) electrons. The molecule has 3 rings (SSSR count). The van der Waals surface area contributed by atoms with Gasteiger partial charge in [-0.2, -0.15) is 0 Å². The average Bonchev–Trinajstić information content (AvgIpc) is 2.47. The van der Waals surface area contributed by atoms with Gasteiger partial charge in [0.05, 0.1) is 13.2 Å². The Morgan fingerprint density at radius 2 is 2.10 bits per heavy atom. The van der Waals surface area contributed by atoms with Crippen molar-refractivity contribution in [2.75, 3.05) is 7.11 Å². The van der Waals surface area contributed by atoms with Crippen molar-refractivity contribution in [1.29, 1.82) is 0 Å². The lowest BCUT2D eigenvalue weighted by Gasteiger charge is -2.31. The van der Waals surface area contributed by atoms with Crippen molar-refractivity contribution in [3.63, 3.8) is 0 Å². The Balaban J connectivity index is 1.99. The molecule has 0 unspecified atom stereocenters.